The number of carbonyl (C=O) groups is 1. The summed E-state index contributed by atoms with van der Waals surface area (Å²) in [5.41, 5.74) is -0.474. The van der Waals surface area contributed by atoms with E-state index in [9.17, 15) is 18.0 Å². The van der Waals surface area contributed by atoms with E-state index in [4.69, 9.17) is 0 Å². The van der Waals surface area contributed by atoms with E-state index in [0.717, 1.165) is 12.1 Å². The van der Waals surface area contributed by atoms with Crippen LogP contribution in [0.3, 0.4) is 0 Å². The van der Waals surface area contributed by atoms with E-state index >= 15 is 0 Å². The lowest BCUT2D eigenvalue weighted by Gasteiger charge is -2.08. The van der Waals surface area contributed by atoms with Crippen LogP contribution in [0.25, 0.3) is 10.8 Å². The molecule has 16 heavy (non-hydrogen) atoms. The summed E-state index contributed by atoms with van der Waals surface area (Å²) in [5.74, 6) is 0. The number of hydrogen-bond acceptors (Lipinski definition) is 1. The second kappa shape index (κ2) is 3.63. The van der Waals surface area contributed by atoms with Crippen molar-refractivity contribution in [3.63, 3.8) is 0 Å². The lowest BCUT2D eigenvalue weighted by atomic mass is 10.0. The zero-order chi connectivity index (χ0) is 11.8. The molecule has 4 heteroatoms. The summed E-state index contributed by atoms with van der Waals surface area (Å²) in [6.45, 7) is 0. The highest BCUT2D eigenvalue weighted by atomic mass is 19.4. The third-order valence-electron chi connectivity index (χ3n) is 2.37. The number of halogens is 3. The van der Waals surface area contributed by atoms with Gasteiger partial charge in [0.05, 0.1) is 5.56 Å². The van der Waals surface area contributed by atoms with Crippen LogP contribution in [0.5, 0.6) is 0 Å². The molecule has 2 rings (SSSR count). The Bertz CT molecular complexity index is 543. The molecule has 0 aliphatic carbocycles. The number of hydrogen-bond donors (Lipinski definition) is 0. The summed E-state index contributed by atoms with van der Waals surface area (Å²) in [5, 5.41) is 0.949. The van der Waals surface area contributed by atoms with Crippen LogP contribution in [0.2, 0.25) is 0 Å². The quantitative estimate of drug-likeness (QED) is 0.675. The molecule has 0 unspecified atom stereocenters. The van der Waals surface area contributed by atoms with Crippen LogP contribution in [0.15, 0.2) is 36.4 Å². The standard InChI is InChI=1S/C12H7F3O/c13-12(14,15)10-5-4-8-2-1-3-9(7-16)11(8)6-10/h1-7H. The molecule has 0 saturated carbocycles. The highest BCUT2D eigenvalue weighted by Crippen LogP contribution is 2.32. The van der Waals surface area contributed by atoms with Crippen molar-refractivity contribution in [3.05, 3.63) is 47.5 Å². The van der Waals surface area contributed by atoms with Gasteiger partial charge in [0.25, 0.3) is 0 Å². The minimum atomic E-state index is -4.38. The molecule has 82 valence electrons. The van der Waals surface area contributed by atoms with Crippen LogP contribution >= 0.6 is 0 Å². The summed E-state index contributed by atoms with van der Waals surface area (Å²) in [7, 11) is 0. The van der Waals surface area contributed by atoms with Gasteiger partial charge in [0.15, 0.2) is 6.29 Å². The maximum atomic E-state index is 12.5. The summed E-state index contributed by atoms with van der Waals surface area (Å²) >= 11 is 0. The van der Waals surface area contributed by atoms with Crippen LogP contribution in [0.4, 0.5) is 13.2 Å². The molecule has 0 N–H and O–H groups in total. The minimum Gasteiger partial charge on any atom is -0.298 e. The van der Waals surface area contributed by atoms with Gasteiger partial charge in [-0.25, -0.2) is 0 Å². The van der Waals surface area contributed by atoms with E-state index in [1.54, 1.807) is 12.1 Å². The van der Waals surface area contributed by atoms with Crippen LogP contribution in [0.1, 0.15) is 15.9 Å². The Morgan fingerprint density at radius 2 is 1.81 bits per heavy atom. The zero-order valence-corrected chi connectivity index (χ0v) is 8.08. The van der Waals surface area contributed by atoms with Crippen LogP contribution in [0, 0.1) is 0 Å². The van der Waals surface area contributed by atoms with Crippen molar-refractivity contribution in [3.8, 4) is 0 Å². The fourth-order valence-corrected chi connectivity index (χ4v) is 1.58. The molecule has 0 radical (unpaired) electrons. The average Bonchev–Trinajstić information content (AvgIpc) is 2.26. The highest BCUT2D eigenvalue weighted by molar-refractivity contribution is 5.98. The van der Waals surface area contributed by atoms with E-state index in [1.165, 1.54) is 12.1 Å². The van der Waals surface area contributed by atoms with Gasteiger partial charge in [0, 0.05) is 5.56 Å². The Balaban J connectivity index is 2.73. The largest absolute Gasteiger partial charge is 0.416 e. The predicted molar refractivity (Wildman–Crippen MR) is 54.3 cm³/mol. The molecule has 0 fully saturated rings. The van der Waals surface area contributed by atoms with E-state index < -0.39 is 11.7 Å². The lowest BCUT2D eigenvalue weighted by Crippen LogP contribution is -2.04. The van der Waals surface area contributed by atoms with Gasteiger partial charge in [-0.05, 0) is 22.9 Å². The molecule has 2 aromatic rings. The molecule has 0 heterocycles. The number of rotatable bonds is 1. The summed E-state index contributed by atoms with van der Waals surface area (Å²) in [6.07, 6.45) is -3.83. The van der Waals surface area contributed by atoms with Crippen LogP contribution in [-0.4, -0.2) is 6.29 Å². The van der Waals surface area contributed by atoms with E-state index in [-0.39, 0.29) is 5.56 Å². The molecule has 0 aliphatic rings. The number of alkyl halides is 3. The Morgan fingerprint density at radius 3 is 2.44 bits per heavy atom. The van der Waals surface area contributed by atoms with Crippen molar-refractivity contribution in [2.75, 3.05) is 0 Å². The lowest BCUT2D eigenvalue weighted by molar-refractivity contribution is -0.137. The molecular weight excluding hydrogens is 217 g/mol. The number of benzene rings is 2. The fourth-order valence-electron chi connectivity index (χ4n) is 1.58. The summed E-state index contributed by atoms with van der Waals surface area (Å²) in [4.78, 5) is 10.7. The smallest absolute Gasteiger partial charge is 0.298 e. The zero-order valence-electron chi connectivity index (χ0n) is 8.08. The molecule has 0 amide bonds. The molecule has 0 aromatic heterocycles. The Kier molecular flexibility index (Phi) is 2.42. The normalized spacial score (nSPS) is 11.7. The third kappa shape index (κ3) is 1.78. The van der Waals surface area contributed by atoms with Gasteiger partial charge in [-0.15, -0.1) is 0 Å². The van der Waals surface area contributed by atoms with Gasteiger partial charge in [-0.1, -0.05) is 24.3 Å². The van der Waals surface area contributed by atoms with E-state index in [0.29, 0.717) is 17.1 Å². The third-order valence-corrected chi connectivity index (χ3v) is 2.37. The van der Waals surface area contributed by atoms with Crippen LogP contribution < -0.4 is 0 Å². The second-order valence-corrected chi connectivity index (χ2v) is 3.40. The Hall–Kier alpha value is -1.84. The van der Waals surface area contributed by atoms with Gasteiger partial charge < -0.3 is 0 Å². The van der Waals surface area contributed by atoms with Gasteiger partial charge in [0.1, 0.15) is 0 Å². The van der Waals surface area contributed by atoms with Crippen molar-refractivity contribution in [2.45, 2.75) is 6.18 Å². The number of aldehydes is 1. The van der Waals surface area contributed by atoms with Crippen molar-refractivity contribution in [2.24, 2.45) is 0 Å². The molecule has 2 aromatic carbocycles. The first kappa shape index (κ1) is 10.7. The highest BCUT2D eigenvalue weighted by Gasteiger charge is 2.30. The topological polar surface area (TPSA) is 17.1 Å². The monoisotopic (exact) mass is 224 g/mol. The molecule has 1 nitrogen and oxygen atoms in total. The molecule has 0 spiro atoms. The van der Waals surface area contributed by atoms with Crippen molar-refractivity contribution < 1.29 is 18.0 Å². The first-order chi connectivity index (χ1) is 7.52. The predicted octanol–water partition coefficient (Wildman–Crippen LogP) is 3.67. The van der Waals surface area contributed by atoms with Crippen molar-refractivity contribution in [1.82, 2.24) is 0 Å². The molecule has 0 atom stereocenters. The van der Waals surface area contributed by atoms with Crippen molar-refractivity contribution >= 4 is 17.1 Å². The maximum absolute atomic E-state index is 12.5. The Morgan fingerprint density at radius 1 is 1.06 bits per heavy atom. The first-order valence-electron chi connectivity index (χ1n) is 4.57. The molecule has 0 bridgehead atoms. The molecular formula is C12H7F3O. The van der Waals surface area contributed by atoms with E-state index in [2.05, 4.69) is 0 Å². The maximum Gasteiger partial charge on any atom is 0.416 e. The second-order valence-electron chi connectivity index (χ2n) is 3.40. The van der Waals surface area contributed by atoms with Gasteiger partial charge >= 0.3 is 6.18 Å². The number of fused-ring (bicyclic) bond motifs is 1. The SMILES string of the molecule is O=Cc1cccc2ccc(C(F)(F)F)cc12. The summed E-state index contributed by atoms with van der Waals surface area (Å²) < 4.78 is 37.4. The minimum absolute atomic E-state index is 0.267. The average molecular weight is 224 g/mol. The first-order valence-corrected chi connectivity index (χ1v) is 4.57. The number of carbonyl (C=O) groups excluding carboxylic acids is 1. The van der Waals surface area contributed by atoms with Gasteiger partial charge in [0.2, 0.25) is 0 Å². The van der Waals surface area contributed by atoms with E-state index in [1.807, 2.05) is 0 Å². The van der Waals surface area contributed by atoms with Gasteiger partial charge in [-0.3, -0.25) is 4.79 Å². The van der Waals surface area contributed by atoms with Gasteiger partial charge in [-0.2, -0.15) is 13.2 Å². The Labute approximate surface area is 89.5 Å². The summed E-state index contributed by atoms with van der Waals surface area (Å²) in [6, 6.07) is 8.18. The van der Waals surface area contributed by atoms with Crippen LogP contribution in [-0.2, 0) is 6.18 Å². The molecule has 0 saturated heterocycles. The fraction of sp³-hybridized carbons (Fsp3) is 0.0833. The van der Waals surface area contributed by atoms with Crippen molar-refractivity contribution in [1.29, 1.82) is 0 Å². The molecule has 0 aliphatic heterocycles.